The third-order valence-corrected chi connectivity index (χ3v) is 6.59. The summed E-state index contributed by atoms with van der Waals surface area (Å²) in [7, 11) is -7.81. The van der Waals surface area contributed by atoms with E-state index in [1.807, 2.05) is 4.72 Å². The van der Waals surface area contributed by atoms with Gasteiger partial charge in [0, 0.05) is 0 Å². The number of rotatable bonds is 10. The Balaban J connectivity index is 3.02. The van der Waals surface area contributed by atoms with Crippen LogP contribution >= 0.6 is 7.60 Å². The summed E-state index contributed by atoms with van der Waals surface area (Å²) in [5.74, 6) is -1.47. The van der Waals surface area contributed by atoms with Gasteiger partial charge >= 0.3 is 13.6 Å². The first-order valence-electron chi connectivity index (χ1n) is 7.33. The Morgan fingerprint density at radius 2 is 1.71 bits per heavy atom. The van der Waals surface area contributed by atoms with Gasteiger partial charge in [-0.3, -0.25) is 9.36 Å². The normalized spacial score (nSPS) is 13.6. The van der Waals surface area contributed by atoms with Crippen molar-refractivity contribution in [2.24, 2.45) is 0 Å². The molecule has 2 N–H and O–H groups in total. The minimum atomic E-state index is -4.09. The average Bonchev–Trinajstić information content (AvgIpc) is 2.47. The van der Waals surface area contributed by atoms with Gasteiger partial charge in [-0.05, 0) is 32.9 Å². The van der Waals surface area contributed by atoms with E-state index in [-0.39, 0.29) is 18.1 Å². The van der Waals surface area contributed by atoms with Crippen LogP contribution in [0.3, 0.4) is 0 Å². The van der Waals surface area contributed by atoms with Crippen molar-refractivity contribution in [2.45, 2.75) is 31.7 Å². The number of nitrogens with one attached hydrogen (secondary N) is 1. The van der Waals surface area contributed by atoms with E-state index < -0.39 is 35.8 Å². The summed E-state index contributed by atoms with van der Waals surface area (Å²) in [4.78, 5) is 11.3. The number of sulfonamides is 1. The number of hydrogen-bond acceptors (Lipinski definition) is 6. The van der Waals surface area contributed by atoms with Crippen LogP contribution in [0.1, 0.15) is 19.4 Å². The molecule has 0 saturated carbocycles. The van der Waals surface area contributed by atoms with E-state index in [2.05, 4.69) is 0 Å². The Labute approximate surface area is 141 Å². The van der Waals surface area contributed by atoms with Gasteiger partial charge in [-0.25, -0.2) is 8.42 Å². The fourth-order valence-corrected chi connectivity index (χ4v) is 4.98. The van der Waals surface area contributed by atoms with E-state index in [9.17, 15) is 22.9 Å². The molecule has 8 nitrogen and oxygen atoms in total. The van der Waals surface area contributed by atoms with Crippen LogP contribution in [0, 0.1) is 6.92 Å². The highest BCUT2D eigenvalue weighted by Gasteiger charge is 2.35. The molecule has 0 heterocycles. The zero-order valence-corrected chi connectivity index (χ0v) is 15.5. The first-order valence-corrected chi connectivity index (χ1v) is 10.5. The quantitative estimate of drug-likeness (QED) is 0.597. The summed E-state index contributed by atoms with van der Waals surface area (Å²) in [5, 5.41) is 9.27. The molecule has 0 radical (unpaired) electrons. The molecule has 0 aliphatic rings. The van der Waals surface area contributed by atoms with Crippen molar-refractivity contribution in [3.05, 3.63) is 29.8 Å². The number of carboxylic acids is 1. The molecule has 0 aliphatic heterocycles. The number of aliphatic carboxylic acids is 1. The van der Waals surface area contributed by atoms with Gasteiger partial charge in [0.1, 0.15) is 6.04 Å². The van der Waals surface area contributed by atoms with E-state index in [0.29, 0.717) is 0 Å². The molecule has 0 spiro atoms. The largest absolute Gasteiger partial charge is 0.480 e. The molecular weight excluding hydrogens is 357 g/mol. The zero-order chi connectivity index (χ0) is 18.4. The van der Waals surface area contributed by atoms with Gasteiger partial charge in [-0.1, -0.05) is 17.7 Å². The molecule has 24 heavy (non-hydrogen) atoms. The summed E-state index contributed by atoms with van der Waals surface area (Å²) >= 11 is 0. The average molecular weight is 379 g/mol. The molecule has 1 aromatic carbocycles. The Morgan fingerprint density at radius 1 is 1.21 bits per heavy atom. The second-order valence-corrected chi connectivity index (χ2v) is 8.77. The van der Waals surface area contributed by atoms with Gasteiger partial charge in [-0.2, -0.15) is 4.72 Å². The van der Waals surface area contributed by atoms with Crippen LogP contribution in [0.5, 0.6) is 0 Å². The predicted octanol–water partition coefficient (Wildman–Crippen LogP) is 1.99. The van der Waals surface area contributed by atoms with Crippen LogP contribution in [0.4, 0.5) is 0 Å². The van der Waals surface area contributed by atoms with Gasteiger partial charge in [-0.15, -0.1) is 0 Å². The van der Waals surface area contributed by atoms with Crippen LogP contribution in [0.2, 0.25) is 0 Å². The molecule has 0 aliphatic carbocycles. The van der Waals surface area contributed by atoms with E-state index in [1.54, 1.807) is 32.9 Å². The Hall–Kier alpha value is -1.25. The molecular formula is C14H22NO7PS. The molecule has 1 rings (SSSR count). The lowest BCUT2D eigenvalue weighted by atomic mass is 10.2. The lowest BCUT2D eigenvalue weighted by Crippen LogP contribution is -2.43. The van der Waals surface area contributed by atoms with E-state index in [4.69, 9.17) is 9.05 Å². The van der Waals surface area contributed by atoms with Gasteiger partial charge in [0.2, 0.25) is 10.0 Å². The van der Waals surface area contributed by atoms with Crippen LogP contribution in [-0.2, 0) is 28.4 Å². The third kappa shape index (κ3) is 5.99. The van der Waals surface area contributed by atoms with E-state index >= 15 is 0 Å². The monoisotopic (exact) mass is 379 g/mol. The van der Waals surface area contributed by atoms with Gasteiger partial charge in [0.05, 0.1) is 24.3 Å². The van der Waals surface area contributed by atoms with Gasteiger partial charge in [0.15, 0.2) is 0 Å². The molecule has 0 bridgehead atoms. The highest BCUT2D eigenvalue weighted by Crippen LogP contribution is 2.48. The van der Waals surface area contributed by atoms with Crippen LogP contribution in [-0.4, -0.2) is 44.9 Å². The number of carboxylic acid groups (broad SMARTS) is 1. The highest BCUT2D eigenvalue weighted by atomic mass is 32.2. The predicted molar refractivity (Wildman–Crippen MR) is 88.6 cm³/mol. The number of benzene rings is 1. The maximum Gasteiger partial charge on any atom is 0.332 e. The third-order valence-electron chi connectivity index (χ3n) is 2.98. The maximum atomic E-state index is 12.5. The number of aryl methyl sites for hydroxylation is 1. The molecule has 1 aromatic rings. The smallest absolute Gasteiger partial charge is 0.332 e. The summed E-state index contributed by atoms with van der Waals surface area (Å²) < 4.78 is 49.2. The lowest BCUT2D eigenvalue weighted by Gasteiger charge is -2.21. The summed E-state index contributed by atoms with van der Waals surface area (Å²) in [6.07, 6.45) is -0.602. The topological polar surface area (TPSA) is 119 Å². The number of carbonyl (C=O) groups is 1. The van der Waals surface area contributed by atoms with Crippen LogP contribution in [0.15, 0.2) is 29.2 Å². The van der Waals surface area contributed by atoms with E-state index in [0.717, 1.165) is 5.56 Å². The molecule has 136 valence electrons. The van der Waals surface area contributed by atoms with Crippen molar-refractivity contribution in [1.29, 1.82) is 0 Å². The first kappa shape index (κ1) is 20.8. The standard InChI is InChI=1S/C14H22NO7PS/c1-4-21-23(18,22-5-2)10-13(14(16)17)15-24(19,20)12-8-6-11(3)7-9-12/h6-9,13,15H,4-5,10H2,1-3H3,(H,16,17)/t13-/m0/s1. The van der Waals surface area contributed by atoms with Crippen LogP contribution < -0.4 is 4.72 Å². The van der Waals surface area contributed by atoms with Crippen molar-refractivity contribution < 1.29 is 31.9 Å². The molecule has 0 unspecified atom stereocenters. The second kappa shape index (κ2) is 8.73. The SMILES string of the molecule is CCOP(=O)(C[C@H](NS(=O)(=O)c1ccc(C)cc1)C(=O)O)OCC. The molecule has 1 atom stereocenters. The summed E-state index contributed by atoms with van der Waals surface area (Å²) in [5.41, 5.74) is 0.862. The minimum absolute atomic E-state index is 0.0499. The molecule has 0 saturated heterocycles. The Kier molecular flexibility index (Phi) is 7.56. The molecule has 0 amide bonds. The first-order chi connectivity index (χ1) is 11.1. The lowest BCUT2D eigenvalue weighted by molar-refractivity contribution is -0.138. The summed E-state index contributed by atoms with van der Waals surface area (Å²) in [6.45, 7) is 5.06. The van der Waals surface area contributed by atoms with Crippen LogP contribution in [0.25, 0.3) is 0 Å². The second-order valence-electron chi connectivity index (χ2n) is 4.95. The van der Waals surface area contributed by atoms with Gasteiger partial charge in [0.25, 0.3) is 0 Å². The van der Waals surface area contributed by atoms with Gasteiger partial charge < -0.3 is 14.2 Å². The van der Waals surface area contributed by atoms with E-state index in [1.165, 1.54) is 12.1 Å². The molecule has 10 heteroatoms. The fourth-order valence-electron chi connectivity index (χ4n) is 1.90. The minimum Gasteiger partial charge on any atom is -0.480 e. The Morgan fingerprint density at radius 3 is 2.12 bits per heavy atom. The molecule has 0 fully saturated rings. The molecule has 0 aromatic heterocycles. The summed E-state index contributed by atoms with van der Waals surface area (Å²) in [6, 6.07) is 4.27. The van der Waals surface area contributed by atoms with Crippen molar-refractivity contribution >= 4 is 23.6 Å². The highest BCUT2D eigenvalue weighted by molar-refractivity contribution is 7.89. The van der Waals surface area contributed by atoms with Crippen molar-refractivity contribution in [3.63, 3.8) is 0 Å². The fraction of sp³-hybridized carbons (Fsp3) is 0.500. The van der Waals surface area contributed by atoms with Crippen molar-refractivity contribution in [3.8, 4) is 0 Å². The Bertz CT molecular complexity index is 692. The van der Waals surface area contributed by atoms with Crippen molar-refractivity contribution in [1.82, 2.24) is 4.72 Å². The number of hydrogen-bond donors (Lipinski definition) is 2. The zero-order valence-electron chi connectivity index (χ0n) is 13.8. The maximum absolute atomic E-state index is 12.5. The van der Waals surface area contributed by atoms with Crippen molar-refractivity contribution in [2.75, 3.05) is 19.4 Å².